The number of hydrogen-bond acceptors (Lipinski definition) is 5. The smallest absolute Gasteiger partial charge is 0.408 e. The minimum Gasteiger partial charge on any atom is -0.467 e. The number of nitrogens with one attached hydrogen (secondary N) is 1. The van der Waals surface area contributed by atoms with Gasteiger partial charge in [0.15, 0.2) is 0 Å². The molecule has 1 aromatic carbocycles. The molecule has 150 valence electrons. The lowest BCUT2D eigenvalue weighted by Crippen LogP contribution is -2.52. The standard InChI is InChI=1S/C19H27FN2O5/c1-12(21-18(25)27-19(3,4)5)16(23)22(13(2)17(24)26-6)11-14-7-9-15(20)10-8-14/h7-10,12-13H,11H2,1-6H3,(H,21,25)/t12?,13-/m1/s1. The van der Waals surface area contributed by atoms with Crippen LogP contribution in [0.3, 0.4) is 0 Å². The van der Waals surface area contributed by atoms with Gasteiger partial charge in [-0.25, -0.2) is 14.0 Å². The van der Waals surface area contributed by atoms with E-state index in [1.807, 2.05) is 0 Å². The fraction of sp³-hybridized carbons (Fsp3) is 0.526. The summed E-state index contributed by atoms with van der Waals surface area (Å²) < 4.78 is 23.0. The van der Waals surface area contributed by atoms with Crippen LogP contribution in [-0.4, -0.2) is 47.7 Å². The summed E-state index contributed by atoms with van der Waals surface area (Å²) in [5, 5.41) is 2.46. The zero-order valence-corrected chi connectivity index (χ0v) is 16.5. The molecule has 0 saturated carbocycles. The third-order valence-corrected chi connectivity index (χ3v) is 3.66. The first kappa shape index (κ1) is 22.4. The Balaban J connectivity index is 2.96. The molecule has 1 N–H and O–H groups in total. The molecule has 0 fully saturated rings. The van der Waals surface area contributed by atoms with Gasteiger partial charge in [-0.2, -0.15) is 0 Å². The minimum atomic E-state index is -0.938. The lowest BCUT2D eigenvalue weighted by molar-refractivity contribution is -0.153. The maximum absolute atomic E-state index is 13.1. The molecule has 27 heavy (non-hydrogen) atoms. The number of carbonyl (C=O) groups excluding carboxylic acids is 3. The van der Waals surface area contributed by atoms with Crippen LogP contribution in [0.5, 0.6) is 0 Å². The zero-order valence-electron chi connectivity index (χ0n) is 16.5. The normalized spacial score (nSPS) is 13.3. The second-order valence-electron chi connectivity index (χ2n) is 7.16. The molecule has 1 aromatic rings. The van der Waals surface area contributed by atoms with Gasteiger partial charge in [0.25, 0.3) is 0 Å². The van der Waals surface area contributed by atoms with E-state index in [1.165, 1.54) is 50.1 Å². The molecule has 0 bridgehead atoms. The van der Waals surface area contributed by atoms with Crippen LogP contribution in [0.15, 0.2) is 24.3 Å². The highest BCUT2D eigenvalue weighted by atomic mass is 19.1. The summed E-state index contributed by atoms with van der Waals surface area (Å²) in [5.74, 6) is -1.50. The Bertz CT molecular complexity index is 670. The third-order valence-electron chi connectivity index (χ3n) is 3.66. The van der Waals surface area contributed by atoms with Crippen molar-refractivity contribution in [3.8, 4) is 0 Å². The number of halogens is 1. The van der Waals surface area contributed by atoms with E-state index in [1.54, 1.807) is 20.8 Å². The summed E-state index contributed by atoms with van der Waals surface area (Å²) in [6.07, 6.45) is -0.740. The molecule has 0 spiro atoms. The third kappa shape index (κ3) is 7.24. The molecule has 0 aliphatic carbocycles. The van der Waals surface area contributed by atoms with Crippen LogP contribution in [0.2, 0.25) is 0 Å². The number of nitrogens with zero attached hydrogens (tertiary/aromatic N) is 1. The van der Waals surface area contributed by atoms with Gasteiger partial charge in [0.2, 0.25) is 5.91 Å². The number of alkyl carbamates (subject to hydrolysis) is 1. The van der Waals surface area contributed by atoms with Crippen LogP contribution in [0.1, 0.15) is 40.2 Å². The van der Waals surface area contributed by atoms with E-state index in [0.29, 0.717) is 5.56 Å². The van der Waals surface area contributed by atoms with Crippen molar-refractivity contribution in [3.63, 3.8) is 0 Å². The van der Waals surface area contributed by atoms with Crippen LogP contribution in [-0.2, 0) is 25.6 Å². The summed E-state index contributed by atoms with van der Waals surface area (Å²) in [6, 6.07) is 3.74. The lowest BCUT2D eigenvalue weighted by atomic mass is 10.1. The SMILES string of the molecule is COC(=O)[C@@H](C)N(Cc1ccc(F)cc1)C(=O)C(C)NC(=O)OC(C)(C)C. The highest BCUT2D eigenvalue weighted by Crippen LogP contribution is 2.13. The number of methoxy groups -OCH3 is 1. The van der Waals surface area contributed by atoms with E-state index in [-0.39, 0.29) is 6.54 Å². The number of carbonyl (C=O) groups is 3. The molecular weight excluding hydrogens is 355 g/mol. The quantitative estimate of drug-likeness (QED) is 0.765. The molecule has 8 heteroatoms. The summed E-state index contributed by atoms with van der Waals surface area (Å²) in [7, 11) is 1.22. The molecule has 2 amide bonds. The van der Waals surface area contributed by atoms with Gasteiger partial charge in [0, 0.05) is 6.54 Å². The second kappa shape index (κ2) is 9.34. The number of esters is 1. The molecule has 1 unspecified atom stereocenters. The first-order chi connectivity index (χ1) is 12.4. The van der Waals surface area contributed by atoms with Crippen LogP contribution in [0.25, 0.3) is 0 Å². The van der Waals surface area contributed by atoms with Crippen LogP contribution in [0.4, 0.5) is 9.18 Å². The fourth-order valence-corrected chi connectivity index (χ4v) is 2.28. The van der Waals surface area contributed by atoms with E-state index in [9.17, 15) is 18.8 Å². The van der Waals surface area contributed by atoms with Crippen LogP contribution < -0.4 is 5.32 Å². The molecule has 0 aromatic heterocycles. The predicted octanol–water partition coefficient (Wildman–Crippen LogP) is 2.63. The van der Waals surface area contributed by atoms with Gasteiger partial charge in [-0.3, -0.25) is 4.79 Å². The van der Waals surface area contributed by atoms with Crippen molar-refractivity contribution in [2.75, 3.05) is 7.11 Å². The molecule has 1 rings (SSSR count). The summed E-state index contributed by atoms with van der Waals surface area (Å²) in [5.41, 5.74) is -0.0788. The number of ether oxygens (including phenoxy) is 2. The Labute approximate surface area is 158 Å². The lowest BCUT2D eigenvalue weighted by Gasteiger charge is -2.30. The average molecular weight is 382 g/mol. The van der Waals surface area contributed by atoms with Gasteiger partial charge < -0.3 is 19.7 Å². The zero-order chi connectivity index (χ0) is 20.8. The summed E-state index contributed by atoms with van der Waals surface area (Å²) in [6.45, 7) is 8.19. The van der Waals surface area contributed by atoms with Gasteiger partial charge in [-0.15, -0.1) is 0 Å². The van der Waals surface area contributed by atoms with Crippen molar-refractivity contribution in [2.45, 2.75) is 58.8 Å². The Morgan fingerprint density at radius 3 is 2.19 bits per heavy atom. The topological polar surface area (TPSA) is 84.9 Å². The molecule has 7 nitrogen and oxygen atoms in total. The number of benzene rings is 1. The maximum atomic E-state index is 13.1. The van der Waals surface area contributed by atoms with Crippen molar-refractivity contribution < 1.29 is 28.2 Å². The fourth-order valence-electron chi connectivity index (χ4n) is 2.28. The Morgan fingerprint density at radius 1 is 1.15 bits per heavy atom. The Hall–Kier alpha value is -2.64. The van der Waals surface area contributed by atoms with E-state index in [4.69, 9.17) is 9.47 Å². The number of amides is 2. The van der Waals surface area contributed by atoms with Crippen LogP contribution >= 0.6 is 0 Å². The monoisotopic (exact) mass is 382 g/mol. The molecule has 2 atom stereocenters. The Morgan fingerprint density at radius 2 is 1.70 bits per heavy atom. The van der Waals surface area contributed by atoms with Crippen molar-refractivity contribution in [2.24, 2.45) is 0 Å². The summed E-state index contributed by atoms with van der Waals surface area (Å²) >= 11 is 0. The molecule has 0 radical (unpaired) electrons. The largest absolute Gasteiger partial charge is 0.467 e. The number of rotatable bonds is 6. The summed E-state index contributed by atoms with van der Waals surface area (Å²) in [4.78, 5) is 38.0. The first-order valence-electron chi connectivity index (χ1n) is 8.57. The maximum Gasteiger partial charge on any atom is 0.408 e. The van der Waals surface area contributed by atoms with Gasteiger partial charge in [0.05, 0.1) is 7.11 Å². The van der Waals surface area contributed by atoms with Crippen molar-refractivity contribution >= 4 is 18.0 Å². The molecule has 0 aliphatic heterocycles. The first-order valence-corrected chi connectivity index (χ1v) is 8.57. The van der Waals surface area contributed by atoms with Gasteiger partial charge >= 0.3 is 12.1 Å². The number of hydrogen-bond donors (Lipinski definition) is 1. The molecule has 0 heterocycles. The molecular formula is C19H27FN2O5. The van der Waals surface area contributed by atoms with Gasteiger partial charge in [0.1, 0.15) is 23.5 Å². The second-order valence-corrected chi connectivity index (χ2v) is 7.16. The van der Waals surface area contributed by atoms with Gasteiger partial charge in [-0.1, -0.05) is 12.1 Å². The van der Waals surface area contributed by atoms with Crippen LogP contribution in [0, 0.1) is 5.82 Å². The van der Waals surface area contributed by atoms with Crippen molar-refractivity contribution in [1.29, 1.82) is 0 Å². The van der Waals surface area contributed by atoms with Crippen molar-refractivity contribution in [3.05, 3.63) is 35.6 Å². The average Bonchev–Trinajstić information content (AvgIpc) is 2.57. The predicted molar refractivity (Wildman–Crippen MR) is 97.3 cm³/mol. The van der Waals surface area contributed by atoms with E-state index in [2.05, 4.69) is 5.32 Å². The van der Waals surface area contributed by atoms with E-state index < -0.39 is 41.5 Å². The minimum absolute atomic E-state index is 0.0513. The molecule has 0 aliphatic rings. The highest BCUT2D eigenvalue weighted by Gasteiger charge is 2.31. The van der Waals surface area contributed by atoms with E-state index >= 15 is 0 Å². The van der Waals surface area contributed by atoms with Crippen molar-refractivity contribution in [1.82, 2.24) is 10.2 Å². The van der Waals surface area contributed by atoms with E-state index in [0.717, 1.165) is 0 Å². The van der Waals surface area contributed by atoms with Gasteiger partial charge in [-0.05, 0) is 52.3 Å². The Kier molecular flexibility index (Phi) is 7.75. The highest BCUT2D eigenvalue weighted by molar-refractivity contribution is 5.89. The molecule has 0 saturated heterocycles.